The number of aryl methyl sites for hydroxylation is 1. The Morgan fingerprint density at radius 1 is 1.23 bits per heavy atom. The van der Waals surface area contributed by atoms with Gasteiger partial charge in [0, 0.05) is 7.05 Å². The zero-order valence-electron chi connectivity index (χ0n) is 6.62. The molecule has 2 aromatic rings. The van der Waals surface area contributed by atoms with Crippen LogP contribution in [0, 0.1) is 0 Å². The van der Waals surface area contributed by atoms with Crippen LogP contribution in [0.15, 0.2) is 0 Å². The predicted octanol–water partition coefficient (Wildman–Crippen LogP) is 1.25. The second-order valence-electron chi connectivity index (χ2n) is 2.48. The van der Waals surface area contributed by atoms with Crippen molar-refractivity contribution in [3.8, 4) is 0 Å². The van der Waals surface area contributed by atoms with Crippen LogP contribution in [0.1, 0.15) is 0 Å². The second kappa shape index (κ2) is 2.71. The number of halogens is 2. The van der Waals surface area contributed by atoms with Crippen LogP contribution in [0.4, 0.5) is 5.95 Å². The first-order valence-corrected chi connectivity index (χ1v) is 4.16. The minimum atomic E-state index is 0.0654. The Labute approximate surface area is 83.5 Å². The van der Waals surface area contributed by atoms with Crippen molar-refractivity contribution in [2.45, 2.75) is 0 Å². The Morgan fingerprint density at radius 3 is 2.62 bits per heavy atom. The van der Waals surface area contributed by atoms with Gasteiger partial charge in [-0.2, -0.15) is 9.97 Å². The first-order chi connectivity index (χ1) is 6.09. The maximum Gasteiger partial charge on any atom is 0.225 e. The molecule has 7 heteroatoms. The fraction of sp³-hybridized carbons (Fsp3) is 0.167. The average molecular weight is 218 g/mol. The van der Waals surface area contributed by atoms with Gasteiger partial charge in [-0.25, -0.2) is 4.98 Å². The van der Waals surface area contributed by atoms with E-state index in [-0.39, 0.29) is 10.4 Å². The molecule has 0 bridgehead atoms. The number of fused-ring (bicyclic) bond motifs is 1. The lowest BCUT2D eigenvalue weighted by Gasteiger charge is -1.97. The summed E-state index contributed by atoms with van der Waals surface area (Å²) in [7, 11) is 1.73. The van der Waals surface area contributed by atoms with Gasteiger partial charge < -0.3 is 10.3 Å². The highest BCUT2D eigenvalue weighted by Gasteiger charge is 2.11. The molecule has 0 atom stereocenters. The Hall–Kier alpha value is -1.07. The summed E-state index contributed by atoms with van der Waals surface area (Å²) < 4.78 is 1.61. The maximum atomic E-state index is 5.83. The molecular weight excluding hydrogens is 213 g/mol. The first-order valence-electron chi connectivity index (χ1n) is 3.40. The third-order valence-corrected chi connectivity index (χ3v) is 2.13. The van der Waals surface area contributed by atoms with Crippen LogP contribution in [0.3, 0.4) is 0 Å². The monoisotopic (exact) mass is 217 g/mol. The summed E-state index contributed by atoms with van der Waals surface area (Å²) in [6, 6.07) is 0. The van der Waals surface area contributed by atoms with Gasteiger partial charge in [-0.1, -0.05) is 11.6 Å². The number of nitrogens with two attached hydrogens (primary N) is 1. The topological polar surface area (TPSA) is 69.6 Å². The molecule has 13 heavy (non-hydrogen) atoms. The van der Waals surface area contributed by atoms with E-state index in [2.05, 4.69) is 15.0 Å². The molecule has 2 heterocycles. The molecule has 0 aliphatic heterocycles. The van der Waals surface area contributed by atoms with Crippen LogP contribution >= 0.6 is 23.2 Å². The quantitative estimate of drug-likeness (QED) is 0.533. The van der Waals surface area contributed by atoms with Crippen molar-refractivity contribution in [2.75, 3.05) is 5.73 Å². The van der Waals surface area contributed by atoms with Crippen molar-refractivity contribution in [2.24, 2.45) is 7.05 Å². The van der Waals surface area contributed by atoms with Crippen molar-refractivity contribution in [1.82, 2.24) is 19.5 Å². The normalized spacial score (nSPS) is 11.0. The number of imidazole rings is 1. The predicted molar refractivity (Wildman–Crippen MR) is 50.7 cm³/mol. The largest absolute Gasteiger partial charge is 0.369 e. The Bertz CT molecular complexity index is 477. The summed E-state index contributed by atoms with van der Waals surface area (Å²) in [5, 5.41) is 0.317. The van der Waals surface area contributed by atoms with E-state index >= 15 is 0 Å². The van der Waals surface area contributed by atoms with Crippen LogP contribution in [-0.4, -0.2) is 19.5 Å². The van der Waals surface area contributed by atoms with Crippen LogP contribution in [-0.2, 0) is 7.05 Å². The SMILES string of the molecule is Cn1c(N)nc2nc(Cl)nc(Cl)c21. The molecule has 0 saturated heterocycles. The molecule has 2 rings (SSSR count). The lowest BCUT2D eigenvalue weighted by atomic mass is 10.5. The van der Waals surface area contributed by atoms with E-state index in [1.807, 2.05) is 0 Å². The van der Waals surface area contributed by atoms with Crippen molar-refractivity contribution in [3.63, 3.8) is 0 Å². The lowest BCUT2D eigenvalue weighted by Crippen LogP contribution is -1.97. The molecular formula is C6H5Cl2N5. The minimum absolute atomic E-state index is 0.0654. The standard InChI is InChI=1S/C6H5Cl2N5/c1-13-2-3(7)10-5(8)11-4(2)12-6(13)9/h1H3,(H2,9,10,11,12). The highest BCUT2D eigenvalue weighted by atomic mass is 35.5. The summed E-state index contributed by atoms with van der Waals surface area (Å²) in [5.41, 5.74) is 6.55. The Kier molecular flexibility index (Phi) is 1.78. The van der Waals surface area contributed by atoms with Gasteiger partial charge in [-0.15, -0.1) is 0 Å². The third kappa shape index (κ3) is 1.20. The van der Waals surface area contributed by atoms with Gasteiger partial charge in [-0.3, -0.25) is 0 Å². The van der Waals surface area contributed by atoms with E-state index in [1.165, 1.54) is 0 Å². The van der Waals surface area contributed by atoms with E-state index in [0.29, 0.717) is 17.1 Å². The van der Waals surface area contributed by atoms with Crippen molar-refractivity contribution < 1.29 is 0 Å². The lowest BCUT2D eigenvalue weighted by molar-refractivity contribution is 0.961. The fourth-order valence-electron chi connectivity index (χ4n) is 1.06. The van der Waals surface area contributed by atoms with E-state index in [4.69, 9.17) is 28.9 Å². The summed E-state index contributed by atoms with van der Waals surface area (Å²) >= 11 is 11.4. The Balaban J connectivity index is 2.94. The van der Waals surface area contributed by atoms with Gasteiger partial charge in [0.25, 0.3) is 0 Å². The Morgan fingerprint density at radius 2 is 1.92 bits per heavy atom. The molecule has 5 nitrogen and oxygen atoms in total. The smallest absolute Gasteiger partial charge is 0.225 e. The van der Waals surface area contributed by atoms with Crippen LogP contribution in [0.5, 0.6) is 0 Å². The summed E-state index contributed by atoms with van der Waals surface area (Å²) in [5.74, 6) is 0.327. The van der Waals surface area contributed by atoms with E-state index in [0.717, 1.165) is 0 Å². The maximum absolute atomic E-state index is 5.83. The van der Waals surface area contributed by atoms with Crippen molar-refractivity contribution in [1.29, 1.82) is 0 Å². The van der Waals surface area contributed by atoms with Gasteiger partial charge in [0.1, 0.15) is 5.52 Å². The van der Waals surface area contributed by atoms with E-state index in [1.54, 1.807) is 11.6 Å². The summed E-state index contributed by atoms with van der Waals surface area (Å²) in [4.78, 5) is 11.6. The molecule has 2 aromatic heterocycles. The minimum Gasteiger partial charge on any atom is -0.369 e. The molecule has 0 aliphatic carbocycles. The molecule has 68 valence electrons. The van der Waals surface area contributed by atoms with Crippen molar-refractivity contribution >= 4 is 40.3 Å². The van der Waals surface area contributed by atoms with E-state index < -0.39 is 0 Å². The number of anilines is 1. The highest BCUT2D eigenvalue weighted by molar-refractivity contribution is 6.35. The van der Waals surface area contributed by atoms with Gasteiger partial charge in [-0.05, 0) is 11.6 Å². The number of rotatable bonds is 0. The molecule has 0 spiro atoms. The van der Waals surface area contributed by atoms with Crippen molar-refractivity contribution in [3.05, 3.63) is 10.4 Å². The molecule has 0 amide bonds. The zero-order chi connectivity index (χ0) is 9.59. The number of nitrogens with zero attached hydrogens (tertiary/aromatic N) is 4. The summed E-state index contributed by atoms with van der Waals surface area (Å²) in [6.07, 6.45) is 0. The molecule has 2 N–H and O–H groups in total. The number of aromatic nitrogens is 4. The van der Waals surface area contributed by atoms with Crippen LogP contribution < -0.4 is 5.73 Å². The number of nitrogen functional groups attached to an aromatic ring is 1. The van der Waals surface area contributed by atoms with Crippen LogP contribution in [0.2, 0.25) is 10.4 Å². The molecule has 0 radical (unpaired) electrons. The van der Waals surface area contributed by atoms with Gasteiger partial charge in [0.2, 0.25) is 11.2 Å². The first kappa shape index (κ1) is 8.52. The second-order valence-corrected chi connectivity index (χ2v) is 3.18. The van der Waals surface area contributed by atoms with Gasteiger partial charge in [0.05, 0.1) is 0 Å². The van der Waals surface area contributed by atoms with Gasteiger partial charge in [0.15, 0.2) is 10.8 Å². The van der Waals surface area contributed by atoms with E-state index in [9.17, 15) is 0 Å². The summed E-state index contributed by atoms with van der Waals surface area (Å²) in [6.45, 7) is 0. The molecule has 0 aliphatic rings. The average Bonchev–Trinajstić information content (AvgIpc) is 2.27. The number of hydrogen-bond donors (Lipinski definition) is 1. The molecule has 0 saturated carbocycles. The molecule has 0 aromatic carbocycles. The zero-order valence-corrected chi connectivity index (χ0v) is 8.13. The third-order valence-electron chi connectivity index (χ3n) is 1.70. The number of hydrogen-bond acceptors (Lipinski definition) is 4. The molecule has 0 fully saturated rings. The van der Waals surface area contributed by atoms with Gasteiger partial charge >= 0.3 is 0 Å². The van der Waals surface area contributed by atoms with Crippen LogP contribution in [0.25, 0.3) is 11.2 Å². The highest BCUT2D eigenvalue weighted by Crippen LogP contribution is 2.22. The fourth-order valence-corrected chi connectivity index (χ4v) is 1.56. The molecule has 0 unspecified atom stereocenters.